The lowest BCUT2D eigenvalue weighted by molar-refractivity contribution is -0.145. The van der Waals surface area contributed by atoms with Gasteiger partial charge in [0.2, 0.25) is 11.7 Å². The summed E-state index contributed by atoms with van der Waals surface area (Å²) in [5.74, 6) is -1.15. The highest BCUT2D eigenvalue weighted by Crippen LogP contribution is 2.29. The number of unbranched alkanes of at least 4 members (excludes halogenated alkanes) is 2. The molecule has 0 unspecified atom stereocenters. The molecule has 39 heavy (non-hydrogen) atoms. The molecule has 9 nitrogen and oxygen atoms in total. The molecule has 1 aromatic heterocycles. The third kappa shape index (κ3) is 6.97. The molecule has 0 radical (unpaired) electrons. The van der Waals surface area contributed by atoms with E-state index in [0.29, 0.717) is 30.9 Å². The summed E-state index contributed by atoms with van der Waals surface area (Å²) in [6.07, 6.45) is 0.0447. The minimum Gasteiger partial charge on any atom is -0.355 e. The van der Waals surface area contributed by atoms with Gasteiger partial charge in [-0.05, 0) is 36.1 Å². The Balaban J connectivity index is 1.55. The number of fused-ring (bicyclic) bond motifs is 1. The number of carbonyl (C=O) groups is 2. The van der Waals surface area contributed by atoms with E-state index in [0.717, 1.165) is 24.8 Å². The predicted molar refractivity (Wildman–Crippen MR) is 143 cm³/mol. The van der Waals surface area contributed by atoms with Crippen molar-refractivity contribution in [1.29, 1.82) is 0 Å². The van der Waals surface area contributed by atoms with Crippen LogP contribution in [0.15, 0.2) is 47.0 Å². The molecule has 3 aromatic rings. The molecule has 0 saturated heterocycles. The summed E-state index contributed by atoms with van der Waals surface area (Å²) in [6, 6.07) is 13.2. The molecule has 0 aliphatic carbocycles. The van der Waals surface area contributed by atoms with Crippen molar-refractivity contribution < 1.29 is 22.9 Å². The third-order valence-corrected chi connectivity index (χ3v) is 6.81. The maximum absolute atomic E-state index is 13.5. The number of aryl methyl sites for hydroxylation is 1. The fourth-order valence-electron chi connectivity index (χ4n) is 4.54. The van der Waals surface area contributed by atoms with Gasteiger partial charge < -0.3 is 14.7 Å². The Hall–Kier alpha value is -3.86. The first-order chi connectivity index (χ1) is 18.8. The van der Waals surface area contributed by atoms with Crippen molar-refractivity contribution in [3.8, 4) is 11.4 Å². The van der Waals surface area contributed by atoms with Crippen LogP contribution in [0.2, 0.25) is 0 Å². The van der Waals surface area contributed by atoms with Crippen LogP contribution >= 0.6 is 0 Å². The number of alkyl halides is 2. The van der Waals surface area contributed by atoms with Crippen LogP contribution in [-0.2, 0) is 22.7 Å². The number of hydrogen-bond donors (Lipinski definition) is 1. The van der Waals surface area contributed by atoms with Crippen LogP contribution < -0.4 is 10.2 Å². The van der Waals surface area contributed by atoms with Crippen LogP contribution in [-0.4, -0.2) is 58.7 Å². The van der Waals surface area contributed by atoms with Gasteiger partial charge in [-0.1, -0.05) is 61.3 Å². The van der Waals surface area contributed by atoms with Gasteiger partial charge in [-0.25, -0.2) is 5.01 Å². The van der Waals surface area contributed by atoms with Gasteiger partial charge >= 0.3 is 6.43 Å². The van der Waals surface area contributed by atoms with Gasteiger partial charge in [0.1, 0.15) is 0 Å². The number of halogens is 2. The van der Waals surface area contributed by atoms with E-state index in [4.69, 9.17) is 0 Å². The number of benzene rings is 2. The van der Waals surface area contributed by atoms with Gasteiger partial charge in [-0.15, -0.1) is 0 Å². The van der Waals surface area contributed by atoms with E-state index in [9.17, 15) is 18.4 Å². The highest BCUT2D eigenvalue weighted by atomic mass is 19.3. The number of likely N-dealkylation sites (N-methyl/N-ethyl adjacent to an activating group) is 1. The lowest BCUT2D eigenvalue weighted by Crippen LogP contribution is -2.48. The van der Waals surface area contributed by atoms with Gasteiger partial charge in [0.25, 0.3) is 11.8 Å². The molecule has 11 heteroatoms. The average molecular weight is 541 g/mol. The number of nitrogens with zero attached hydrogens (tertiary/aromatic N) is 5. The van der Waals surface area contributed by atoms with Gasteiger partial charge in [-0.3, -0.25) is 14.6 Å². The number of aromatic nitrogens is 2. The molecule has 2 heterocycles. The van der Waals surface area contributed by atoms with Crippen molar-refractivity contribution in [3.63, 3.8) is 0 Å². The summed E-state index contributed by atoms with van der Waals surface area (Å²) < 4.78 is 30.7. The smallest absolute Gasteiger partial charge is 0.315 e. The second-order valence-electron chi connectivity index (χ2n) is 9.68. The Kier molecular flexibility index (Phi) is 9.23. The fraction of sp³-hybridized carbons (Fsp3) is 0.429. The number of hydrogen-bond acceptors (Lipinski definition) is 7. The molecule has 2 amide bonds. The van der Waals surface area contributed by atoms with Crippen LogP contribution in [0.1, 0.15) is 55.2 Å². The first-order valence-corrected chi connectivity index (χ1v) is 13.1. The zero-order valence-electron chi connectivity index (χ0n) is 22.5. The van der Waals surface area contributed by atoms with Crippen molar-refractivity contribution >= 4 is 17.5 Å². The monoisotopic (exact) mass is 540 g/mol. The van der Waals surface area contributed by atoms with E-state index in [1.54, 1.807) is 35.2 Å². The van der Waals surface area contributed by atoms with Crippen LogP contribution in [0.4, 0.5) is 14.5 Å². The average Bonchev–Trinajstić information content (AvgIpc) is 3.58. The zero-order valence-corrected chi connectivity index (χ0v) is 22.5. The minimum absolute atomic E-state index is 0.00814. The molecular weight excluding hydrogens is 506 g/mol. The number of amides is 2. The van der Waals surface area contributed by atoms with Crippen molar-refractivity contribution in [2.75, 3.05) is 31.6 Å². The summed E-state index contributed by atoms with van der Waals surface area (Å²) in [5, 5.41) is 10.2. The van der Waals surface area contributed by atoms with E-state index in [2.05, 4.69) is 39.0 Å². The quantitative estimate of drug-likeness (QED) is 0.339. The molecule has 0 saturated carbocycles. The molecule has 0 bridgehead atoms. The van der Waals surface area contributed by atoms with Gasteiger partial charge in [-0.2, -0.15) is 13.8 Å². The SMILES string of the molecule is CCCCCNC(=O)CN(CC(=O)N(C)N1Cc2ccccc2C1)c1cc(-c2noc(C(F)F)n2)ccc1C. The molecule has 1 aliphatic heterocycles. The minimum atomic E-state index is -2.88. The van der Waals surface area contributed by atoms with E-state index in [1.165, 1.54) is 11.1 Å². The molecule has 0 spiro atoms. The molecule has 0 atom stereocenters. The third-order valence-electron chi connectivity index (χ3n) is 6.81. The normalized spacial score (nSPS) is 13.0. The Bertz CT molecular complexity index is 1270. The van der Waals surface area contributed by atoms with Gasteiger partial charge in [0, 0.05) is 37.9 Å². The first kappa shape index (κ1) is 28.2. The molecule has 208 valence electrons. The Labute approximate surface area is 226 Å². The van der Waals surface area contributed by atoms with E-state index in [-0.39, 0.29) is 30.7 Å². The largest absolute Gasteiger partial charge is 0.355 e. The van der Waals surface area contributed by atoms with Crippen molar-refractivity contribution in [2.45, 2.75) is 52.6 Å². The lowest BCUT2D eigenvalue weighted by atomic mass is 10.1. The molecular formula is C28H34F2N6O3. The second kappa shape index (κ2) is 12.8. The lowest BCUT2D eigenvalue weighted by Gasteiger charge is -2.32. The van der Waals surface area contributed by atoms with Gasteiger partial charge in [0.05, 0.1) is 13.1 Å². The number of nitrogens with one attached hydrogen (secondary N) is 1. The van der Waals surface area contributed by atoms with Crippen LogP contribution in [0.25, 0.3) is 11.4 Å². The van der Waals surface area contributed by atoms with Gasteiger partial charge in [0.15, 0.2) is 0 Å². The van der Waals surface area contributed by atoms with Crippen LogP contribution in [0.5, 0.6) is 0 Å². The van der Waals surface area contributed by atoms with Crippen molar-refractivity contribution in [3.05, 3.63) is 65.0 Å². The number of anilines is 1. The van der Waals surface area contributed by atoms with Crippen LogP contribution in [0.3, 0.4) is 0 Å². The number of carbonyl (C=O) groups excluding carboxylic acids is 2. The second-order valence-corrected chi connectivity index (χ2v) is 9.68. The Morgan fingerprint density at radius 2 is 1.82 bits per heavy atom. The standard InChI is InChI=1S/C28H34F2N6O3/c1-4-5-8-13-31-24(37)17-35(18-25(38)34(3)36-15-21-9-6-7-10-22(21)16-36)23-14-20(12-11-19(23)2)27-32-28(26(29)30)39-33-27/h6-7,9-12,14,26H,4-5,8,13,15-18H2,1-3H3,(H,31,37). The highest BCUT2D eigenvalue weighted by Gasteiger charge is 2.27. The molecule has 1 aliphatic rings. The topological polar surface area (TPSA) is 94.8 Å². The summed E-state index contributed by atoms with van der Waals surface area (Å²) in [6.45, 7) is 5.63. The number of rotatable bonds is 12. The summed E-state index contributed by atoms with van der Waals surface area (Å²) in [5.41, 5.74) is 4.19. The first-order valence-electron chi connectivity index (χ1n) is 13.1. The fourth-order valence-corrected chi connectivity index (χ4v) is 4.54. The zero-order chi connectivity index (χ0) is 27.9. The Morgan fingerprint density at radius 3 is 2.46 bits per heavy atom. The van der Waals surface area contributed by atoms with Crippen LogP contribution in [0, 0.1) is 6.92 Å². The summed E-state index contributed by atoms with van der Waals surface area (Å²) >= 11 is 0. The highest BCUT2D eigenvalue weighted by molar-refractivity contribution is 5.87. The van der Waals surface area contributed by atoms with E-state index >= 15 is 0 Å². The van der Waals surface area contributed by atoms with E-state index < -0.39 is 12.3 Å². The van der Waals surface area contributed by atoms with E-state index in [1.807, 2.05) is 24.1 Å². The molecule has 0 fully saturated rings. The number of hydrazine groups is 1. The summed E-state index contributed by atoms with van der Waals surface area (Å²) in [7, 11) is 1.73. The summed E-state index contributed by atoms with van der Waals surface area (Å²) in [4.78, 5) is 31.8. The maximum Gasteiger partial charge on any atom is 0.315 e. The predicted octanol–water partition coefficient (Wildman–Crippen LogP) is 4.48. The molecule has 4 rings (SSSR count). The maximum atomic E-state index is 13.5. The molecule has 2 aromatic carbocycles. The van der Waals surface area contributed by atoms with Crippen molar-refractivity contribution in [2.24, 2.45) is 0 Å². The molecule has 1 N–H and O–H groups in total. The van der Waals surface area contributed by atoms with Crippen molar-refractivity contribution in [1.82, 2.24) is 25.5 Å². The Morgan fingerprint density at radius 1 is 1.10 bits per heavy atom.